The van der Waals surface area contributed by atoms with Gasteiger partial charge in [-0.1, -0.05) is 30.3 Å². The molecule has 1 heterocycles. The molecule has 0 saturated carbocycles. The Hall–Kier alpha value is -3.75. The maximum absolute atomic E-state index is 13.5. The number of aromatic hydroxyl groups is 1. The number of aromatic amines is 1. The third-order valence-electron chi connectivity index (χ3n) is 3.51. The SMILES string of the molecule is O=C(NCc1ccccc1F)c1n[nH]n(N=Cc2ccccc2O)c1=O. The zero-order valence-electron chi connectivity index (χ0n) is 13.4. The molecule has 26 heavy (non-hydrogen) atoms. The highest BCUT2D eigenvalue weighted by atomic mass is 19.1. The van der Waals surface area contributed by atoms with Crippen LogP contribution < -0.4 is 10.9 Å². The van der Waals surface area contributed by atoms with Crippen molar-refractivity contribution in [3.8, 4) is 5.75 Å². The van der Waals surface area contributed by atoms with Crippen molar-refractivity contribution in [3.63, 3.8) is 0 Å². The van der Waals surface area contributed by atoms with E-state index >= 15 is 0 Å². The number of hydrogen-bond donors (Lipinski definition) is 3. The topological polar surface area (TPSA) is 112 Å². The van der Waals surface area contributed by atoms with Gasteiger partial charge in [0.05, 0.1) is 6.21 Å². The summed E-state index contributed by atoms with van der Waals surface area (Å²) in [5, 5.41) is 21.8. The number of carbonyl (C=O) groups excluding carboxylic acids is 1. The molecule has 3 aromatic rings. The standard InChI is InChI=1S/C17H14FN5O3/c18-13-7-3-1-5-11(13)9-19-16(25)15-17(26)23(22-21-15)20-10-12-6-2-4-8-14(12)24/h1-8,10,22,24H,9H2,(H,19,25). The van der Waals surface area contributed by atoms with Crippen molar-refractivity contribution in [3.05, 3.63) is 81.5 Å². The zero-order valence-corrected chi connectivity index (χ0v) is 13.4. The molecule has 1 aromatic heterocycles. The number of nitrogens with one attached hydrogen (secondary N) is 2. The van der Waals surface area contributed by atoms with E-state index in [9.17, 15) is 19.1 Å². The van der Waals surface area contributed by atoms with Crippen molar-refractivity contribution in [2.24, 2.45) is 5.10 Å². The lowest BCUT2D eigenvalue weighted by molar-refractivity contribution is 0.0944. The first-order chi connectivity index (χ1) is 12.6. The average molecular weight is 355 g/mol. The fourth-order valence-electron chi connectivity index (χ4n) is 2.13. The van der Waals surface area contributed by atoms with Gasteiger partial charge in [0.25, 0.3) is 5.91 Å². The largest absolute Gasteiger partial charge is 0.507 e. The summed E-state index contributed by atoms with van der Waals surface area (Å²) >= 11 is 0. The summed E-state index contributed by atoms with van der Waals surface area (Å²) in [6.45, 7) is -0.0844. The van der Waals surface area contributed by atoms with Crippen LogP contribution in [0.2, 0.25) is 0 Å². The maximum atomic E-state index is 13.5. The second kappa shape index (κ2) is 7.43. The molecule has 0 aliphatic heterocycles. The molecule has 1 amide bonds. The summed E-state index contributed by atoms with van der Waals surface area (Å²) in [6.07, 6.45) is 1.25. The monoisotopic (exact) mass is 355 g/mol. The van der Waals surface area contributed by atoms with Crippen molar-refractivity contribution in [1.29, 1.82) is 0 Å². The predicted octanol–water partition coefficient (Wildman–Crippen LogP) is 1.23. The number of H-pyrrole nitrogens is 1. The van der Waals surface area contributed by atoms with E-state index in [1.54, 1.807) is 24.3 Å². The van der Waals surface area contributed by atoms with Crippen molar-refractivity contribution in [2.45, 2.75) is 6.54 Å². The quantitative estimate of drug-likeness (QED) is 0.598. The zero-order chi connectivity index (χ0) is 18.5. The van der Waals surface area contributed by atoms with Crippen molar-refractivity contribution in [2.75, 3.05) is 0 Å². The Morgan fingerprint density at radius 1 is 1.27 bits per heavy atom. The highest BCUT2D eigenvalue weighted by Gasteiger charge is 2.16. The fourth-order valence-corrected chi connectivity index (χ4v) is 2.13. The first kappa shape index (κ1) is 17.1. The van der Waals surface area contributed by atoms with Crippen LogP contribution in [0, 0.1) is 5.82 Å². The minimum atomic E-state index is -0.775. The summed E-state index contributed by atoms with van der Waals surface area (Å²) in [5.41, 5.74) is -0.507. The molecule has 9 heteroatoms. The van der Waals surface area contributed by atoms with Crippen LogP contribution in [0.3, 0.4) is 0 Å². The fraction of sp³-hybridized carbons (Fsp3) is 0.0588. The van der Waals surface area contributed by atoms with E-state index in [0.717, 1.165) is 4.79 Å². The molecule has 0 fully saturated rings. The number of halogens is 1. The van der Waals surface area contributed by atoms with E-state index in [1.165, 1.54) is 30.5 Å². The molecule has 0 unspecified atom stereocenters. The van der Waals surface area contributed by atoms with Crippen LogP contribution >= 0.6 is 0 Å². The minimum absolute atomic E-state index is 0.00771. The third kappa shape index (κ3) is 3.66. The summed E-state index contributed by atoms with van der Waals surface area (Å²) in [7, 11) is 0. The number of nitrogens with zero attached hydrogens (tertiary/aromatic N) is 3. The van der Waals surface area contributed by atoms with Gasteiger partial charge in [-0.15, -0.1) is 9.89 Å². The smallest absolute Gasteiger partial charge is 0.320 e. The number of aromatic nitrogens is 3. The van der Waals surface area contributed by atoms with Gasteiger partial charge in [0, 0.05) is 17.7 Å². The number of benzene rings is 2. The predicted molar refractivity (Wildman–Crippen MR) is 91.5 cm³/mol. The molecule has 2 aromatic carbocycles. The number of para-hydroxylation sites is 1. The first-order valence-electron chi connectivity index (χ1n) is 7.57. The third-order valence-corrected chi connectivity index (χ3v) is 3.51. The van der Waals surface area contributed by atoms with E-state index in [-0.39, 0.29) is 17.9 Å². The second-order valence-electron chi connectivity index (χ2n) is 5.25. The van der Waals surface area contributed by atoms with Crippen LogP contribution in [0.1, 0.15) is 21.6 Å². The molecule has 0 atom stereocenters. The molecule has 0 radical (unpaired) electrons. The maximum Gasteiger partial charge on any atom is 0.320 e. The van der Waals surface area contributed by atoms with Gasteiger partial charge in [0.15, 0.2) is 0 Å². The highest BCUT2D eigenvalue weighted by Crippen LogP contribution is 2.12. The minimum Gasteiger partial charge on any atom is -0.507 e. The Labute approximate surface area is 146 Å². The van der Waals surface area contributed by atoms with E-state index in [4.69, 9.17) is 0 Å². The molecule has 0 bridgehead atoms. The average Bonchev–Trinajstić information content (AvgIpc) is 3.01. The number of carbonyl (C=O) groups is 1. The van der Waals surface area contributed by atoms with Crippen LogP contribution in [0.15, 0.2) is 58.4 Å². The molecule has 8 nitrogen and oxygen atoms in total. The number of phenols is 1. The van der Waals surface area contributed by atoms with Gasteiger partial charge < -0.3 is 10.4 Å². The first-order valence-corrected chi connectivity index (χ1v) is 7.57. The molecule has 3 N–H and O–H groups in total. The Balaban J connectivity index is 1.72. The summed E-state index contributed by atoms with van der Waals surface area (Å²) in [4.78, 5) is 25.0. The number of rotatable bonds is 5. The summed E-state index contributed by atoms with van der Waals surface area (Å²) in [5.74, 6) is -1.22. The van der Waals surface area contributed by atoms with Crippen molar-refractivity contribution in [1.82, 2.24) is 20.4 Å². The van der Waals surface area contributed by atoms with E-state index in [2.05, 4.69) is 20.7 Å². The normalized spacial score (nSPS) is 11.0. The molecule has 0 saturated heterocycles. The van der Waals surface area contributed by atoms with Gasteiger partial charge in [-0.05, 0) is 18.2 Å². The lowest BCUT2D eigenvalue weighted by Crippen LogP contribution is -2.29. The summed E-state index contributed by atoms with van der Waals surface area (Å²) < 4.78 is 13.5. The van der Waals surface area contributed by atoms with Crippen molar-refractivity contribution < 1.29 is 14.3 Å². The number of amides is 1. The Morgan fingerprint density at radius 2 is 2.00 bits per heavy atom. The molecule has 132 valence electrons. The Kier molecular flexibility index (Phi) is 4.88. The van der Waals surface area contributed by atoms with Crippen LogP contribution in [0.5, 0.6) is 5.75 Å². The van der Waals surface area contributed by atoms with E-state index in [0.29, 0.717) is 5.56 Å². The molecule has 0 aliphatic rings. The summed E-state index contributed by atoms with van der Waals surface area (Å²) in [6, 6.07) is 12.4. The van der Waals surface area contributed by atoms with Crippen LogP contribution in [-0.4, -0.2) is 32.3 Å². The number of hydrogen-bond acceptors (Lipinski definition) is 5. The van der Waals surface area contributed by atoms with Gasteiger partial charge in [0.1, 0.15) is 11.6 Å². The Morgan fingerprint density at radius 3 is 2.77 bits per heavy atom. The molecular formula is C17H14FN5O3. The van der Waals surface area contributed by atoms with Gasteiger partial charge in [-0.25, -0.2) is 4.39 Å². The second-order valence-corrected chi connectivity index (χ2v) is 5.25. The highest BCUT2D eigenvalue weighted by molar-refractivity contribution is 5.91. The molecule has 0 spiro atoms. The Bertz CT molecular complexity index is 1020. The van der Waals surface area contributed by atoms with Crippen LogP contribution in [0.25, 0.3) is 0 Å². The van der Waals surface area contributed by atoms with Gasteiger partial charge in [0.2, 0.25) is 5.69 Å². The van der Waals surface area contributed by atoms with Gasteiger partial charge >= 0.3 is 5.56 Å². The lowest BCUT2D eigenvalue weighted by atomic mass is 10.2. The van der Waals surface area contributed by atoms with E-state index in [1.807, 2.05) is 0 Å². The van der Waals surface area contributed by atoms with Crippen LogP contribution in [-0.2, 0) is 6.54 Å². The molecule has 0 aliphatic carbocycles. The van der Waals surface area contributed by atoms with Gasteiger partial charge in [-0.2, -0.15) is 10.3 Å². The van der Waals surface area contributed by atoms with Crippen LogP contribution in [0.4, 0.5) is 4.39 Å². The van der Waals surface area contributed by atoms with Crippen molar-refractivity contribution >= 4 is 12.1 Å². The lowest BCUT2D eigenvalue weighted by Gasteiger charge is -2.03. The molecular weight excluding hydrogens is 341 g/mol. The van der Waals surface area contributed by atoms with Gasteiger partial charge in [-0.3, -0.25) is 9.59 Å². The number of phenolic OH excluding ortho intramolecular Hbond substituents is 1. The molecule has 3 rings (SSSR count). The van der Waals surface area contributed by atoms with E-state index < -0.39 is 23.0 Å².